The number of carbonyl (C=O) groups is 1. The summed E-state index contributed by atoms with van der Waals surface area (Å²) in [7, 11) is 0. The van der Waals surface area contributed by atoms with E-state index in [0.717, 1.165) is 29.3 Å². The summed E-state index contributed by atoms with van der Waals surface area (Å²) >= 11 is 0. The zero-order valence-electron chi connectivity index (χ0n) is 13.2. The second kappa shape index (κ2) is 7.57. The van der Waals surface area contributed by atoms with Crippen LogP contribution >= 0.6 is 0 Å². The van der Waals surface area contributed by atoms with Gasteiger partial charge in [-0.15, -0.1) is 0 Å². The molecule has 126 valence electrons. The number of hydrogen-bond acceptors (Lipinski definition) is 2. The third-order valence-electron chi connectivity index (χ3n) is 3.53. The Kier molecular flexibility index (Phi) is 5.04. The van der Waals surface area contributed by atoms with Crippen molar-refractivity contribution in [1.82, 2.24) is 0 Å². The molecule has 0 radical (unpaired) electrons. The molecule has 3 aromatic rings. The van der Waals surface area contributed by atoms with E-state index in [0.29, 0.717) is 5.75 Å². The fourth-order valence-electron chi connectivity index (χ4n) is 2.37. The highest BCUT2D eigenvalue weighted by molar-refractivity contribution is 5.92. The molecule has 3 nitrogen and oxygen atoms in total. The molecule has 0 saturated heterocycles. The van der Waals surface area contributed by atoms with E-state index in [1.54, 1.807) is 12.1 Å². The van der Waals surface area contributed by atoms with Crippen molar-refractivity contribution < 1.29 is 18.3 Å². The molecule has 0 fully saturated rings. The lowest BCUT2D eigenvalue weighted by Crippen LogP contribution is -2.21. The van der Waals surface area contributed by atoms with Crippen molar-refractivity contribution in [2.45, 2.75) is 0 Å². The second-order valence-electron chi connectivity index (χ2n) is 5.32. The number of amides is 1. The summed E-state index contributed by atoms with van der Waals surface area (Å²) in [4.78, 5) is 12.0. The van der Waals surface area contributed by atoms with Crippen LogP contribution in [0.25, 0.3) is 11.1 Å². The number of nitrogens with one attached hydrogen (secondary N) is 1. The predicted molar refractivity (Wildman–Crippen MR) is 92.4 cm³/mol. The van der Waals surface area contributed by atoms with Gasteiger partial charge in [0.25, 0.3) is 5.91 Å². The van der Waals surface area contributed by atoms with Crippen LogP contribution in [0.5, 0.6) is 5.75 Å². The number of anilines is 1. The quantitative estimate of drug-likeness (QED) is 0.735. The number of halogens is 2. The van der Waals surface area contributed by atoms with E-state index in [2.05, 4.69) is 5.32 Å². The van der Waals surface area contributed by atoms with Crippen LogP contribution in [0.1, 0.15) is 0 Å². The van der Waals surface area contributed by atoms with Gasteiger partial charge in [0, 0.05) is 11.6 Å². The molecule has 25 heavy (non-hydrogen) atoms. The highest BCUT2D eigenvalue weighted by Gasteiger charge is 2.11. The third kappa shape index (κ3) is 4.20. The minimum Gasteiger partial charge on any atom is -0.483 e. The monoisotopic (exact) mass is 339 g/mol. The molecule has 0 spiro atoms. The molecule has 0 bridgehead atoms. The minimum atomic E-state index is -0.709. The number of rotatable bonds is 5. The maximum atomic E-state index is 13.6. The van der Waals surface area contributed by atoms with Crippen molar-refractivity contribution in [3.8, 4) is 16.9 Å². The van der Waals surface area contributed by atoms with Crippen LogP contribution in [0.3, 0.4) is 0 Å². The summed E-state index contributed by atoms with van der Waals surface area (Å²) < 4.78 is 32.3. The van der Waals surface area contributed by atoms with E-state index >= 15 is 0 Å². The summed E-state index contributed by atoms with van der Waals surface area (Å²) in [5, 5.41) is 2.30. The summed E-state index contributed by atoms with van der Waals surface area (Å²) in [6.45, 7) is -0.320. The first kappa shape index (κ1) is 16.6. The summed E-state index contributed by atoms with van der Waals surface area (Å²) in [6.07, 6.45) is 0. The Balaban J connectivity index is 1.70. The molecule has 0 atom stereocenters. The molecule has 0 aliphatic carbocycles. The van der Waals surface area contributed by atoms with Gasteiger partial charge in [0.15, 0.2) is 6.61 Å². The molecule has 3 rings (SSSR count). The Hall–Kier alpha value is -3.21. The Morgan fingerprint density at radius 1 is 0.920 bits per heavy atom. The van der Waals surface area contributed by atoms with Crippen molar-refractivity contribution >= 4 is 11.6 Å². The zero-order chi connectivity index (χ0) is 17.6. The normalized spacial score (nSPS) is 10.3. The van der Waals surface area contributed by atoms with Gasteiger partial charge in [-0.05, 0) is 23.8 Å². The average molecular weight is 339 g/mol. The van der Waals surface area contributed by atoms with E-state index in [1.165, 1.54) is 0 Å². The first-order chi connectivity index (χ1) is 12.1. The van der Waals surface area contributed by atoms with Crippen LogP contribution < -0.4 is 10.1 Å². The Morgan fingerprint density at radius 2 is 1.64 bits per heavy atom. The molecule has 0 aliphatic heterocycles. The topological polar surface area (TPSA) is 38.3 Å². The van der Waals surface area contributed by atoms with Crippen molar-refractivity contribution in [2.24, 2.45) is 0 Å². The first-order valence-electron chi connectivity index (χ1n) is 7.65. The summed E-state index contributed by atoms with van der Waals surface area (Å²) in [5.41, 5.74) is 1.58. The first-order valence-corrected chi connectivity index (χ1v) is 7.65. The van der Waals surface area contributed by atoms with Gasteiger partial charge in [0.1, 0.15) is 17.4 Å². The number of carbonyl (C=O) groups excluding carboxylic acids is 1. The van der Waals surface area contributed by atoms with Crippen molar-refractivity contribution in [3.63, 3.8) is 0 Å². The van der Waals surface area contributed by atoms with E-state index in [9.17, 15) is 13.6 Å². The molecule has 0 aliphatic rings. The van der Waals surface area contributed by atoms with Crippen LogP contribution in [0, 0.1) is 11.6 Å². The van der Waals surface area contributed by atoms with Crippen LogP contribution in [0.4, 0.5) is 14.5 Å². The number of ether oxygens (including phenoxy) is 1. The fourth-order valence-corrected chi connectivity index (χ4v) is 2.37. The molecular formula is C20H15F2NO2. The Morgan fingerprint density at radius 3 is 2.44 bits per heavy atom. The average Bonchev–Trinajstić information content (AvgIpc) is 2.64. The minimum absolute atomic E-state index is 0.218. The van der Waals surface area contributed by atoms with E-state index in [4.69, 9.17) is 4.74 Å². The molecule has 0 aromatic heterocycles. The van der Waals surface area contributed by atoms with E-state index < -0.39 is 17.5 Å². The van der Waals surface area contributed by atoms with Gasteiger partial charge in [-0.25, -0.2) is 8.78 Å². The summed E-state index contributed by atoms with van der Waals surface area (Å²) in [6, 6.07) is 19.8. The van der Waals surface area contributed by atoms with Gasteiger partial charge in [-0.3, -0.25) is 4.79 Å². The largest absolute Gasteiger partial charge is 0.483 e. The van der Waals surface area contributed by atoms with Crippen molar-refractivity contribution in [1.29, 1.82) is 0 Å². The summed E-state index contributed by atoms with van der Waals surface area (Å²) in [5.74, 6) is -1.39. The van der Waals surface area contributed by atoms with E-state index in [1.807, 2.05) is 42.5 Å². The van der Waals surface area contributed by atoms with Crippen LogP contribution in [-0.4, -0.2) is 12.5 Å². The standard InChI is InChI=1S/C20H15F2NO2/c21-15-10-11-17(22)18(12-15)23-20(24)13-25-19-9-5-4-8-16(19)14-6-2-1-3-7-14/h1-12H,13H2,(H,23,24). The van der Waals surface area contributed by atoms with Gasteiger partial charge in [-0.2, -0.15) is 0 Å². The number of benzene rings is 3. The molecular weight excluding hydrogens is 324 g/mol. The van der Waals surface area contributed by atoms with Gasteiger partial charge < -0.3 is 10.1 Å². The number of hydrogen-bond donors (Lipinski definition) is 1. The lowest BCUT2D eigenvalue weighted by Gasteiger charge is -2.12. The Labute approximate surface area is 143 Å². The number of para-hydroxylation sites is 1. The van der Waals surface area contributed by atoms with Gasteiger partial charge in [0.2, 0.25) is 0 Å². The van der Waals surface area contributed by atoms with Gasteiger partial charge in [-0.1, -0.05) is 48.5 Å². The predicted octanol–water partition coefficient (Wildman–Crippen LogP) is 4.65. The van der Waals surface area contributed by atoms with Gasteiger partial charge in [0.05, 0.1) is 5.69 Å². The van der Waals surface area contributed by atoms with E-state index in [-0.39, 0.29) is 12.3 Å². The molecule has 3 aromatic carbocycles. The molecule has 0 unspecified atom stereocenters. The maximum Gasteiger partial charge on any atom is 0.262 e. The van der Waals surface area contributed by atoms with Crippen LogP contribution in [0.2, 0.25) is 0 Å². The smallest absolute Gasteiger partial charge is 0.262 e. The zero-order valence-corrected chi connectivity index (χ0v) is 13.2. The highest BCUT2D eigenvalue weighted by atomic mass is 19.1. The second-order valence-corrected chi connectivity index (χ2v) is 5.32. The van der Waals surface area contributed by atoms with Gasteiger partial charge >= 0.3 is 0 Å². The maximum absolute atomic E-state index is 13.6. The van der Waals surface area contributed by atoms with Crippen LogP contribution in [0.15, 0.2) is 72.8 Å². The van der Waals surface area contributed by atoms with Crippen LogP contribution in [-0.2, 0) is 4.79 Å². The SMILES string of the molecule is O=C(COc1ccccc1-c1ccccc1)Nc1cc(F)ccc1F. The van der Waals surface area contributed by atoms with Crippen molar-refractivity contribution in [3.05, 3.63) is 84.4 Å². The fraction of sp³-hybridized carbons (Fsp3) is 0.0500. The highest BCUT2D eigenvalue weighted by Crippen LogP contribution is 2.29. The molecule has 5 heteroatoms. The molecule has 1 amide bonds. The lowest BCUT2D eigenvalue weighted by atomic mass is 10.1. The molecule has 0 saturated carbocycles. The molecule has 1 N–H and O–H groups in total. The Bertz CT molecular complexity index is 882. The molecule has 0 heterocycles. The lowest BCUT2D eigenvalue weighted by molar-refractivity contribution is -0.118. The van der Waals surface area contributed by atoms with Crippen molar-refractivity contribution in [2.75, 3.05) is 11.9 Å². The third-order valence-corrected chi connectivity index (χ3v) is 3.53.